The van der Waals surface area contributed by atoms with Gasteiger partial charge in [0.1, 0.15) is 18.0 Å². The molecule has 1 unspecified atom stereocenters. The molecule has 1 atom stereocenters. The average Bonchev–Trinajstić information content (AvgIpc) is 2.92. The van der Waals surface area contributed by atoms with E-state index in [-0.39, 0.29) is 18.4 Å². The van der Waals surface area contributed by atoms with Crippen LogP contribution in [0.1, 0.15) is 36.8 Å². The number of carbonyl (C=O) groups excluding carboxylic acids is 2. The van der Waals surface area contributed by atoms with Gasteiger partial charge in [-0.05, 0) is 26.7 Å². The summed E-state index contributed by atoms with van der Waals surface area (Å²) in [5, 5.41) is 12.0. The summed E-state index contributed by atoms with van der Waals surface area (Å²) < 4.78 is 0. The number of aryl methyl sites for hydroxylation is 1. The lowest BCUT2D eigenvalue weighted by molar-refractivity contribution is -0.139. The number of carboxylic acid groups (broad SMARTS) is 1. The second-order valence-corrected chi connectivity index (χ2v) is 6.82. The number of fused-ring (bicyclic) bond motifs is 1. The number of thiazole rings is 1. The third-order valence-electron chi connectivity index (χ3n) is 4.02. The highest BCUT2D eigenvalue weighted by Gasteiger charge is 2.43. The standard InChI is InChI=1S/C13H15N3O4S/c1-13(2)11(20)14-8(17)5-16(13)12-15-9-6(10(18)19)3-4-7(9)21-12/h6H,3-5H2,1-2H3,(H,18,19)(H,14,17,20). The third-order valence-corrected chi connectivity index (χ3v) is 5.17. The Labute approximate surface area is 125 Å². The zero-order valence-electron chi connectivity index (χ0n) is 11.7. The molecule has 0 bridgehead atoms. The van der Waals surface area contributed by atoms with E-state index < -0.39 is 17.4 Å². The Kier molecular flexibility index (Phi) is 3.01. The molecular formula is C13H15N3O4S. The molecule has 1 aliphatic carbocycles. The van der Waals surface area contributed by atoms with E-state index in [1.165, 1.54) is 11.3 Å². The van der Waals surface area contributed by atoms with E-state index in [0.29, 0.717) is 23.7 Å². The molecule has 112 valence electrons. The molecule has 1 aromatic rings. The number of hydrogen-bond acceptors (Lipinski definition) is 6. The topological polar surface area (TPSA) is 99.6 Å². The van der Waals surface area contributed by atoms with Crippen LogP contribution in [0.15, 0.2) is 0 Å². The molecule has 7 nitrogen and oxygen atoms in total. The van der Waals surface area contributed by atoms with Gasteiger partial charge in [0.15, 0.2) is 5.13 Å². The molecule has 0 radical (unpaired) electrons. The molecule has 1 saturated heterocycles. The molecule has 8 heteroatoms. The predicted octanol–water partition coefficient (Wildman–Crippen LogP) is 0.499. The van der Waals surface area contributed by atoms with Crippen LogP contribution >= 0.6 is 11.3 Å². The van der Waals surface area contributed by atoms with Crippen molar-refractivity contribution < 1.29 is 19.5 Å². The van der Waals surface area contributed by atoms with Crippen molar-refractivity contribution in [3.63, 3.8) is 0 Å². The summed E-state index contributed by atoms with van der Waals surface area (Å²) >= 11 is 1.38. The first kappa shape index (κ1) is 14.0. The Balaban J connectivity index is 1.98. The van der Waals surface area contributed by atoms with Gasteiger partial charge < -0.3 is 10.0 Å². The van der Waals surface area contributed by atoms with Crippen molar-refractivity contribution in [2.75, 3.05) is 11.4 Å². The summed E-state index contributed by atoms with van der Waals surface area (Å²) in [6.45, 7) is 3.48. The van der Waals surface area contributed by atoms with Crippen LogP contribution in [0, 0.1) is 0 Å². The second kappa shape index (κ2) is 4.52. The molecular weight excluding hydrogens is 294 g/mol. The van der Waals surface area contributed by atoms with E-state index in [1.807, 2.05) is 0 Å². The van der Waals surface area contributed by atoms with Gasteiger partial charge >= 0.3 is 5.97 Å². The predicted molar refractivity (Wildman–Crippen MR) is 75.4 cm³/mol. The van der Waals surface area contributed by atoms with E-state index >= 15 is 0 Å². The lowest BCUT2D eigenvalue weighted by atomic mass is 10.00. The molecule has 1 aliphatic heterocycles. The fraction of sp³-hybridized carbons (Fsp3) is 0.538. The fourth-order valence-corrected chi connectivity index (χ4v) is 3.94. The van der Waals surface area contributed by atoms with Crippen molar-refractivity contribution in [2.24, 2.45) is 0 Å². The molecule has 0 aromatic carbocycles. The lowest BCUT2D eigenvalue weighted by Crippen LogP contribution is -2.64. The van der Waals surface area contributed by atoms with Crippen molar-refractivity contribution in [1.29, 1.82) is 0 Å². The van der Waals surface area contributed by atoms with Gasteiger partial charge in [0, 0.05) is 4.88 Å². The summed E-state index contributed by atoms with van der Waals surface area (Å²) in [7, 11) is 0. The highest BCUT2D eigenvalue weighted by Crippen LogP contribution is 2.41. The lowest BCUT2D eigenvalue weighted by Gasteiger charge is -2.39. The number of carboxylic acids is 1. The molecule has 21 heavy (non-hydrogen) atoms. The smallest absolute Gasteiger partial charge is 0.312 e. The Morgan fingerprint density at radius 3 is 2.86 bits per heavy atom. The van der Waals surface area contributed by atoms with Crippen LogP contribution in [0.3, 0.4) is 0 Å². The van der Waals surface area contributed by atoms with Crippen LogP contribution in [-0.4, -0.2) is 40.0 Å². The third kappa shape index (κ3) is 2.10. The number of aromatic nitrogens is 1. The number of hydrogen-bond donors (Lipinski definition) is 2. The minimum absolute atomic E-state index is 0.0445. The maximum atomic E-state index is 12.0. The maximum Gasteiger partial charge on any atom is 0.312 e. The van der Waals surface area contributed by atoms with Crippen molar-refractivity contribution in [2.45, 2.75) is 38.1 Å². The molecule has 1 fully saturated rings. The number of nitrogens with one attached hydrogen (secondary N) is 1. The quantitative estimate of drug-likeness (QED) is 0.772. The second-order valence-electron chi connectivity index (χ2n) is 5.76. The van der Waals surface area contributed by atoms with Crippen LogP contribution in [-0.2, 0) is 20.8 Å². The van der Waals surface area contributed by atoms with Gasteiger partial charge in [0.25, 0.3) is 5.91 Å². The summed E-state index contributed by atoms with van der Waals surface area (Å²) in [5.74, 6) is -2.20. The van der Waals surface area contributed by atoms with Gasteiger partial charge in [0.2, 0.25) is 5.91 Å². The monoisotopic (exact) mass is 309 g/mol. The van der Waals surface area contributed by atoms with Crippen LogP contribution in [0.25, 0.3) is 0 Å². The largest absolute Gasteiger partial charge is 0.481 e. The number of carbonyl (C=O) groups is 3. The van der Waals surface area contributed by atoms with Gasteiger partial charge in [-0.3, -0.25) is 19.7 Å². The summed E-state index contributed by atoms with van der Waals surface area (Å²) in [6, 6.07) is 0. The first-order chi connectivity index (χ1) is 9.80. The number of rotatable bonds is 2. The van der Waals surface area contributed by atoms with E-state index in [1.54, 1.807) is 18.7 Å². The summed E-state index contributed by atoms with van der Waals surface area (Å²) in [6.07, 6.45) is 1.24. The van der Waals surface area contributed by atoms with Gasteiger partial charge in [-0.2, -0.15) is 0 Å². The summed E-state index contributed by atoms with van der Waals surface area (Å²) in [5.41, 5.74) is -0.310. The number of aliphatic carboxylic acids is 1. The normalized spacial score (nSPS) is 23.9. The minimum atomic E-state index is -0.891. The number of piperazine rings is 1. The van der Waals surface area contributed by atoms with E-state index in [2.05, 4.69) is 10.3 Å². The first-order valence-electron chi connectivity index (χ1n) is 6.65. The van der Waals surface area contributed by atoms with Crippen LogP contribution in [0.4, 0.5) is 5.13 Å². The van der Waals surface area contributed by atoms with Gasteiger partial charge in [-0.15, -0.1) is 11.3 Å². The molecule has 2 aliphatic rings. The van der Waals surface area contributed by atoms with Crippen molar-refractivity contribution in [3.8, 4) is 0 Å². The van der Waals surface area contributed by atoms with E-state index in [4.69, 9.17) is 0 Å². The minimum Gasteiger partial charge on any atom is -0.481 e. The first-order valence-corrected chi connectivity index (χ1v) is 7.46. The molecule has 3 rings (SSSR count). The summed E-state index contributed by atoms with van der Waals surface area (Å²) in [4.78, 5) is 41.8. The van der Waals surface area contributed by atoms with Crippen molar-refractivity contribution in [1.82, 2.24) is 10.3 Å². The number of imide groups is 1. The Morgan fingerprint density at radius 2 is 2.19 bits per heavy atom. The average molecular weight is 309 g/mol. The fourth-order valence-electron chi connectivity index (χ4n) is 2.66. The highest BCUT2D eigenvalue weighted by atomic mass is 32.1. The van der Waals surface area contributed by atoms with Crippen LogP contribution in [0.2, 0.25) is 0 Å². The number of nitrogens with zero attached hydrogens (tertiary/aromatic N) is 2. The molecule has 2 heterocycles. The Bertz CT molecular complexity index is 652. The van der Waals surface area contributed by atoms with E-state index in [9.17, 15) is 19.5 Å². The number of amides is 2. The highest BCUT2D eigenvalue weighted by molar-refractivity contribution is 7.15. The molecule has 0 saturated carbocycles. The van der Waals surface area contributed by atoms with Crippen molar-refractivity contribution in [3.05, 3.63) is 10.6 Å². The molecule has 0 spiro atoms. The SMILES string of the molecule is CC1(C)C(=O)NC(=O)CN1c1nc2c(s1)CCC2C(=O)O. The molecule has 2 N–H and O–H groups in total. The molecule has 2 amide bonds. The van der Waals surface area contributed by atoms with Gasteiger partial charge in [-0.1, -0.05) is 0 Å². The van der Waals surface area contributed by atoms with Gasteiger partial charge in [-0.25, -0.2) is 4.98 Å². The van der Waals surface area contributed by atoms with E-state index in [0.717, 1.165) is 4.88 Å². The van der Waals surface area contributed by atoms with Crippen LogP contribution < -0.4 is 10.2 Å². The van der Waals surface area contributed by atoms with Crippen molar-refractivity contribution >= 4 is 34.3 Å². The maximum absolute atomic E-state index is 12.0. The zero-order chi connectivity index (χ0) is 15.4. The molecule has 1 aromatic heterocycles. The van der Waals surface area contributed by atoms with Gasteiger partial charge in [0.05, 0.1) is 5.69 Å². The Morgan fingerprint density at radius 1 is 1.48 bits per heavy atom. The number of anilines is 1. The van der Waals surface area contributed by atoms with Crippen LogP contribution in [0.5, 0.6) is 0 Å². The Hall–Kier alpha value is -1.96. The zero-order valence-corrected chi connectivity index (χ0v) is 12.5.